The van der Waals surface area contributed by atoms with Crippen LogP contribution in [0, 0.1) is 0 Å². The molecule has 0 aliphatic heterocycles. The molecule has 0 fully saturated rings. The Labute approximate surface area is 133 Å². The Bertz CT molecular complexity index is 716. The third kappa shape index (κ3) is 3.74. The first kappa shape index (κ1) is 16.2. The van der Waals surface area contributed by atoms with Crippen molar-refractivity contribution in [1.29, 1.82) is 0 Å². The predicted molar refractivity (Wildman–Crippen MR) is 83.5 cm³/mol. The molecule has 1 heterocycles. The van der Waals surface area contributed by atoms with E-state index in [0.29, 0.717) is 12.2 Å². The maximum absolute atomic E-state index is 12.3. The fourth-order valence-electron chi connectivity index (χ4n) is 1.93. The first-order valence-corrected chi connectivity index (χ1v) is 8.92. The highest BCUT2D eigenvalue weighted by atomic mass is 35.5. The fraction of sp³-hybridized carbons (Fsp3) is 0.308. The molecule has 2 aromatic rings. The van der Waals surface area contributed by atoms with Gasteiger partial charge in [-0.25, -0.2) is 18.1 Å². The Morgan fingerprint density at radius 3 is 2.71 bits per heavy atom. The topological polar surface area (TPSA) is 68.3 Å². The average Bonchev–Trinajstić information content (AvgIpc) is 2.92. The fourth-order valence-corrected chi connectivity index (χ4v) is 4.54. The van der Waals surface area contributed by atoms with Crippen molar-refractivity contribution in [2.45, 2.75) is 23.6 Å². The summed E-state index contributed by atoms with van der Waals surface area (Å²) >= 11 is 6.62. The monoisotopic (exact) mass is 346 g/mol. The number of benzene rings is 1. The minimum absolute atomic E-state index is 0.0980. The minimum atomic E-state index is -3.66. The number of para-hydroxylation sites is 1. The molecule has 0 spiro atoms. The highest BCUT2D eigenvalue weighted by Crippen LogP contribution is 2.29. The Balaban J connectivity index is 2.31. The Morgan fingerprint density at radius 1 is 1.43 bits per heavy atom. The van der Waals surface area contributed by atoms with Gasteiger partial charge in [0.2, 0.25) is 0 Å². The summed E-state index contributed by atoms with van der Waals surface area (Å²) < 4.78 is 32.9. The second kappa shape index (κ2) is 6.74. The molecule has 0 amide bonds. The summed E-state index contributed by atoms with van der Waals surface area (Å²) in [6, 6.07) is 6.95. The normalized spacial score (nSPS) is 13.1. The lowest BCUT2D eigenvalue weighted by Gasteiger charge is -2.19. The molecule has 0 saturated carbocycles. The molecule has 21 heavy (non-hydrogen) atoms. The van der Waals surface area contributed by atoms with Crippen LogP contribution in [0.2, 0.25) is 4.47 Å². The molecule has 1 atom stereocenters. The van der Waals surface area contributed by atoms with Crippen molar-refractivity contribution in [1.82, 2.24) is 9.71 Å². The molecular formula is C13H15ClN2O3S2. The number of hydrogen-bond donors (Lipinski definition) is 1. The summed E-state index contributed by atoms with van der Waals surface area (Å²) in [5.74, 6) is 0.648. The van der Waals surface area contributed by atoms with Gasteiger partial charge in [-0.3, -0.25) is 0 Å². The minimum Gasteiger partial charge on any atom is -0.496 e. The quantitative estimate of drug-likeness (QED) is 0.871. The van der Waals surface area contributed by atoms with Gasteiger partial charge in [0.15, 0.2) is 8.68 Å². The van der Waals surface area contributed by atoms with E-state index >= 15 is 0 Å². The van der Waals surface area contributed by atoms with Gasteiger partial charge in [0.25, 0.3) is 10.0 Å². The van der Waals surface area contributed by atoms with Crippen molar-refractivity contribution < 1.29 is 13.2 Å². The van der Waals surface area contributed by atoms with Crippen LogP contribution in [0.5, 0.6) is 5.75 Å². The second-order valence-electron chi connectivity index (χ2n) is 4.26. The molecule has 1 N–H and O–H groups in total. The van der Waals surface area contributed by atoms with E-state index in [2.05, 4.69) is 9.71 Å². The average molecular weight is 347 g/mol. The van der Waals surface area contributed by atoms with Crippen molar-refractivity contribution in [3.8, 4) is 5.75 Å². The van der Waals surface area contributed by atoms with Crippen LogP contribution >= 0.6 is 22.9 Å². The van der Waals surface area contributed by atoms with Gasteiger partial charge in [-0.15, -0.1) is 0 Å². The summed E-state index contributed by atoms with van der Waals surface area (Å²) in [6.45, 7) is 1.90. The lowest BCUT2D eigenvalue weighted by Crippen LogP contribution is -2.28. The van der Waals surface area contributed by atoms with Gasteiger partial charge in [-0.1, -0.05) is 48.1 Å². The molecule has 0 aliphatic rings. The van der Waals surface area contributed by atoms with Gasteiger partial charge >= 0.3 is 0 Å². The van der Waals surface area contributed by atoms with Crippen LogP contribution < -0.4 is 9.46 Å². The third-order valence-corrected chi connectivity index (χ3v) is 5.99. The van der Waals surface area contributed by atoms with Crippen molar-refractivity contribution in [3.05, 3.63) is 40.5 Å². The van der Waals surface area contributed by atoms with Gasteiger partial charge in [-0.2, -0.15) is 0 Å². The van der Waals surface area contributed by atoms with Crippen LogP contribution in [-0.4, -0.2) is 20.5 Å². The Morgan fingerprint density at radius 2 is 2.14 bits per heavy atom. The van der Waals surface area contributed by atoms with Crippen molar-refractivity contribution in [2.75, 3.05) is 7.11 Å². The third-order valence-electron chi connectivity index (χ3n) is 2.94. The number of nitrogens with zero attached hydrogens (tertiary/aromatic N) is 1. The number of hydrogen-bond acceptors (Lipinski definition) is 5. The summed E-state index contributed by atoms with van der Waals surface area (Å²) in [4.78, 5) is 3.76. The largest absolute Gasteiger partial charge is 0.496 e. The molecule has 5 nitrogen and oxygen atoms in total. The van der Waals surface area contributed by atoms with Gasteiger partial charge in [-0.05, 0) is 12.5 Å². The van der Waals surface area contributed by atoms with E-state index in [9.17, 15) is 8.42 Å². The Hall–Kier alpha value is -1.15. The van der Waals surface area contributed by atoms with Crippen molar-refractivity contribution in [2.24, 2.45) is 0 Å². The number of ether oxygens (including phenoxy) is 1. The van der Waals surface area contributed by atoms with Crippen LogP contribution in [0.1, 0.15) is 24.9 Å². The molecule has 1 unspecified atom stereocenters. The van der Waals surface area contributed by atoms with Crippen LogP contribution in [0.3, 0.4) is 0 Å². The summed E-state index contributed by atoms with van der Waals surface area (Å²) in [5.41, 5.74) is 0.793. The molecule has 114 valence electrons. The van der Waals surface area contributed by atoms with Crippen LogP contribution in [0.25, 0.3) is 0 Å². The van der Waals surface area contributed by atoms with E-state index in [-0.39, 0.29) is 14.7 Å². The number of rotatable bonds is 6. The molecule has 0 saturated heterocycles. The summed E-state index contributed by atoms with van der Waals surface area (Å²) in [5, 5.41) is 0. The van der Waals surface area contributed by atoms with E-state index in [0.717, 1.165) is 16.9 Å². The molecule has 2 rings (SSSR count). The maximum atomic E-state index is 12.3. The molecule has 1 aromatic heterocycles. The first-order valence-electron chi connectivity index (χ1n) is 6.24. The van der Waals surface area contributed by atoms with Gasteiger partial charge in [0, 0.05) is 5.56 Å². The van der Waals surface area contributed by atoms with Crippen molar-refractivity contribution >= 4 is 33.0 Å². The van der Waals surface area contributed by atoms with E-state index in [1.54, 1.807) is 13.2 Å². The highest BCUT2D eigenvalue weighted by molar-refractivity contribution is 7.91. The highest BCUT2D eigenvalue weighted by Gasteiger charge is 2.24. The van der Waals surface area contributed by atoms with E-state index in [1.807, 2.05) is 25.1 Å². The van der Waals surface area contributed by atoms with Crippen LogP contribution in [0.15, 0.2) is 34.7 Å². The smallest absolute Gasteiger partial charge is 0.252 e. The number of methoxy groups -OCH3 is 1. The zero-order valence-electron chi connectivity index (χ0n) is 11.5. The number of nitrogens with one attached hydrogen (secondary N) is 1. The maximum Gasteiger partial charge on any atom is 0.252 e. The lowest BCUT2D eigenvalue weighted by atomic mass is 10.0. The summed E-state index contributed by atoms with van der Waals surface area (Å²) in [7, 11) is -2.10. The molecule has 1 aromatic carbocycles. The Kier molecular flexibility index (Phi) is 5.21. The number of sulfonamides is 1. The zero-order chi connectivity index (χ0) is 15.5. The van der Waals surface area contributed by atoms with Gasteiger partial charge in [0.05, 0.1) is 19.3 Å². The first-order chi connectivity index (χ1) is 9.97. The van der Waals surface area contributed by atoms with E-state index in [4.69, 9.17) is 16.3 Å². The molecule has 0 radical (unpaired) electrons. The molecule has 0 aliphatic carbocycles. The van der Waals surface area contributed by atoms with E-state index in [1.165, 1.54) is 6.20 Å². The molecule has 8 heteroatoms. The van der Waals surface area contributed by atoms with E-state index < -0.39 is 10.0 Å². The number of halogens is 1. The van der Waals surface area contributed by atoms with Crippen molar-refractivity contribution in [3.63, 3.8) is 0 Å². The standard InChI is InChI=1S/C13H15ClN2O3S2/c1-3-10(9-6-4-5-7-11(9)19-2)16-21(17,18)12-8-15-13(14)20-12/h4-8,10,16H,3H2,1-2H3. The van der Waals surface area contributed by atoms with Gasteiger partial charge < -0.3 is 4.74 Å². The summed E-state index contributed by atoms with van der Waals surface area (Å²) in [6.07, 6.45) is 1.84. The predicted octanol–water partition coefficient (Wildman–Crippen LogP) is 3.23. The number of aromatic nitrogens is 1. The number of thiazole rings is 1. The zero-order valence-corrected chi connectivity index (χ0v) is 13.9. The lowest BCUT2D eigenvalue weighted by molar-refractivity contribution is 0.402. The second-order valence-corrected chi connectivity index (χ2v) is 7.81. The molecular weight excluding hydrogens is 332 g/mol. The van der Waals surface area contributed by atoms with Gasteiger partial charge in [0.1, 0.15) is 5.75 Å². The SMILES string of the molecule is CCC(NS(=O)(=O)c1cnc(Cl)s1)c1ccccc1OC. The van der Waals surface area contributed by atoms with Crippen LogP contribution in [-0.2, 0) is 10.0 Å². The molecule has 0 bridgehead atoms. The van der Waals surface area contributed by atoms with Crippen LogP contribution in [0.4, 0.5) is 0 Å².